The van der Waals surface area contributed by atoms with E-state index in [-0.39, 0.29) is 46.1 Å². The van der Waals surface area contributed by atoms with Crippen LogP contribution in [0.25, 0.3) is 0 Å². The molecule has 25 heteroatoms. The lowest BCUT2D eigenvalue weighted by molar-refractivity contribution is -0.143. The van der Waals surface area contributed by atoms with Crippen LogP contribution in [-0.4, -0.2) is 68.1 Å². The van der Waals surface area contributed by atoms with E-state index in [1.54, 1.807) is 27.7 Å². The average Bonchev–Trinajstić information content (AvgIpc) is 3.68. The number of aryl methyl sites for hydroxylation is 1. The summed E-state index contributed by atoms with van der Waals surface area (Å²) in [7, 11) is -21.7. The molecule has 3 aliphatic rings. The second-order valence-corrected chi connectivity index (χ2v) is 25.5. The van der Waals surface area contributed by atoms with Crippen molar-refractivity contribution >= 4 is 42.5 Å². The molecular weight excluding hydrogens is 936 g/mol. The van der Waals surface area contributed by atoms with Crippen molar-refractivity contribution in [1.82, 2.24) is 9.97 Å². The van der Waals surface area contributed by atoms with Crippen LogP contribution in [0, 0.1) is 12.3 Å². The predicted octanol–water partition coefficient (Wildman–Crippen LogP) is 7.20. The Morgan fingerprint density at radius 1 is 0.708 bits per heavy atom. The molecule has 0 radical (unpaired) electrons. The van der Waals surface area contributed by atoms with Gasteiger partial charge in [-0.2, -0.15) is 0 Å². The lowest BCUT2D eigenvalue weighted by Gasteiger charge is -2.41. The van der Waals surface area contributed by atoms with Gasteiger partial charge >= 0.3 is 42.5 Å². The molecule has 1 aliphatic carbocycles. The number of ether oxygens (including phenoxy) is 3. The monoisotopic (exact) mass is 982 g/mol. The number of nitrogens with zero attached hydrogens (tertiary/aromatic N) is 2. The van der Waals surface area contributed by atoms with Crippen molar-refractivity contribution < 1.29 is 89.9 Å². The molecule has 6 atom stereocenters. The van der Waals surface area contributed by atoms with Crippen LogP contribution in [0.15, 0.2) is 85.5 Å². The van der Waals surface area contributed by atoms with Crippen molar-refractivity contribution in [2.24, 2.45) is 5.41 Å². The summed E-state index contributed by atoms with van der Waals surface area (Å²) in [5.74, 6) is -1.50. The van der Waals surface area contributed by atoms with Crippen molar-refractivity contribution in [3.63, 3.8) is 0 Å². The Kier molecular flexibility index (Phi) is 13.5. The third kappa shape index (κ3) is 9.87. The van der Waals surface area contributed by atoms with Gasteiger partial charge in [0.15, 0.2) is 0 Å². The van der Waals surface area contributed by atoms with Gasteiger partial charge < -0.3 is 44.0 Å². The summed E-state index contributed by atoms with van der Waals surface area (Å²) in [5, 5.41) is 16.0. The molecule has 2 aromatic heterocycles. The normalized spacial score (nSPS) is 33.8. The molecule has 1 saturated carbocycles. The minimum Gasteiger partial charge on any atom is -0.431 e. The van der Waals surface area contributed by atoms with Gasteiger partial charge in [0.25, 0.3) is 10.2 Å². The van der Waals surface area contributed by atoms with Crippen LogP contribution < -0.4 is 9.47 Å². The number of aromatic nitrogens is 2. The highest BCUT2D eigenvalue weighted by Gasteiger charge is 2.68. The summed E-state index contributed by atoms with van der Waals surface area (Å²) in [5.41, 5.74) is -0.130. The second kappa shape index (κ2) is 17.9. The molecule has 2 aromatic carbocycles. The number of rotatable bonds is 10. The third-order valence-electron chi connectivity index (χ3n) is 10.9. The number of carbonyl (C=O) groups is 2. The molecule has 2 saturated heterocycles. The molecule has 350 valence electrons. The Morgan fingerprint density at radius 2 is 1.28 bits per heavy atom. The number of para-hydroxylation sites is 1. The van der Waals surface area contributed by atoms with Crippen LogP contribution in [0.4, 0.5) is 4.79 Å². The highest BCUT2D eigenvalue weighted by molar-refractivity contribution is 7.73. The zero-order valence-electron chi connectivity index (χ0n) is 35.1. The van der Waals surface area contributed by atoms with E-state index in [0.29, 0.717) is 24.0 Å². The van der Waals surface area contributed by atoms with Crippen LogP contribution >= 0.6 is 30.4 Å². The zero-order chi connectivity index (χ0) is 47.4. The van der Waals surface area contributed by atoms with E-state index < -0.39 is 89.6 Å². The lowest BCUT2D eigenvalue weighted by atomic mass is 9.97. The first-order valence-corrected chi connectivity index (χ1v) is 26.2. The van der Waals surface area contributed by atoms with Crippen LogP contribution in [0.2, 0.25) is 0 Å². The SMILES string of the molecule is Cc1ccc(OC(=O)OC2CCC(c3cncc(CC4(O)P(=O)(O)OC(c5ccccc5OC(=O)C(C)(C)C)OP4(=O)O)c3)C2)c(C2OP(=O)(O)C(O)(Cc3cccnc3)P(=O)(O)O2)c1. The lowest BCUT2D eigenvalue weighted by Crippen LogP contribution is -2.38. The Labute approximate surface area is 371 Å². The van der Waals surface area contributed by atoms with Crippen molar-refractivity contribution in [3.05, 3.63) is 119 Å². The predicted molar refractivity (Wildman–Crippen MR) is 225 cm³/mol. The maximum Gasteiger partial charge on any atom is 0.514 e. The summed E-state index contributed by atoms with van der Waals surface area (Å²) < 4.78 is 91.7. The first-order valence-electron chi connectivity index (χ1n) is 19.9. The first-order chi connectivity index (χ1) is 30.2. The Morgan fingerprint density at radius 3 is 1.88 bits per heavy atom. The Hall–Kier alpha value is -4.00. The molecule has 65 heavy (non-hydrogen) atoms. The molecule has 4 aromatic rings. The zero-order valence-corrected chi connectivity index (χ0v) is 38.7. The number of aliphatic hydroxyl groups is 2. The number of pyridine rings is 2. The highest BCUT2D eigenvalue weighted by atomic mass is 31.2. The molecule has 0 amide bonds. The van der Waals surface area contributed by atoms with E-state index in [1.807, 2.05) is 0 Å². The number of hydrogen-bond donors (Lipinski definition) is 6. The van der Waals surface area contributed by atoms with Gasteiger partial charge in [-0.25, -0.2) is 4.79 Å². The molecule has 3 fully saturated rings. The number of hydrogen-bond acceptors (Lipinski definition) is 17. The molecule has 6 N–H and O–H groups in total. The summed E-state index contributed by atoms with van der Waals surface area (Å²) in [6, 6.07) is 14.0. The van der Waals surface area contributed by atoms with Gasteiger partial charge in [0.1, 0.15) is 17.6 Å². The van der Waals surface area contributed by atoms with Crippen LogP contribution in [0.5, 0.6) is 11.5 Å². The molecule has 4 heterocycles. The van der Waals surface area contributed by atoms with Crippen LogP contribution in [-0.2, 0) is 58.7 Å². The van der Waals surface area contributed by atoms with E-state index in [2.05, 4.69) is 9.97 Å². The van der Waals surface area contributed by atoms with Gasteiger partial charge in [-0.05, 0) is 93.8 Å². The van der Waals surface area contributed by atoms with Crippen molar-refractivity contribution in [2.45, 2.75) is 94.6 Å². The molecule has 0 bridgehead atoms. The van der Waals surface area contributed by atoms with E-state index in [9.17, 15) is 57.6 Å². The summed E-state index contributed by atoms with van der Waals surface area (Å²) >= 11 is 0. The minimum atomic E-state index is -5.45. The number of carbonyl (C=O) groups excluding carboxylic acids is 2. The topological polar surface area (TPSA) is 314 Å². The van der Waals surface area contributed by atoms with Crippen LogP contribution in [0.3, 0.4) is 0 Å². The fourth-order valence-electron chi connectivity index (χ4n) is 7.29. The second-order valence-electron chi connectivity index (χ2n) is 16.9. The largest absolute Gasteiger partial charge is 0.514 e. The Balaban J connectivity index is 1.01. The van der Waals surface area contributed by atoms with Gasteiger partial charge in [0.05, 0.1) is 16.5 Å². The standard InChI is InChI=1S/C40H46N2O19P4/c1-24-11-14-33(31(16-24)35-60-62(47,48)39(45,63(49,50)61-35)19-25-8-7-15-41-21-25)57-37(44)55-29-13-12-27(18-29)28-17-26(22-42-23-28)20-40(46)64(51,52)58-34(59-65(40,53)54)30-9-5-6-10-32(30)56-36(43)38(2,3)4/h5-11,14-17,21-23,27,29,34-35,45-46H,12-13,18-20H2,1-4H3,(H,47,48)(H,49,50)(H,51,52)(H,53,54). The molecule has 6 unspecified atom stereocenters. The first kappa shape index (κ1) is 48.9. The van der Waals surface area contributed by atoms with Gasteiger partial charge in [-0.3, -0.25) is 51.1 Å². The van der Waals surface area contributed by atoms with E-state index in [1.165, 1.54) is 85.5 Å². The molecule has 21 nitrogen and oxygen atoms in total. The maximum atomic E-state index is 13.7. The van der Waals surface area contributed by atoms with Gasteiger partial charge in [0, 0.05) is 37.6 Å². The van der Waals surface area contributed by atoms with Crippen LogP contribution in [0.1, 0.15) is 91.9 Å². The number of esters is 1. The average molecular weight is 983 g/mol. The van der Waals surface area contributed by atoms with Gasteiger partial charge in [-0.1, -0.05) is 42.0 Å². The van der Waals surface area contributed by atoms with Crippen molar-refractivity contribution in [2.75, 3.05) is 0 Å². The van der Waals surface area contributed by atoms with Gasteiger partial charge in [0.2, 0.25) is 12.6 Å². The third-order valence-corrected chi connectivity index (χ3v) is 20.1. The fourth-order valence-corrected chi connectivity index (χ4v) is 14.4. The fraction of sp³-hybridized carbons (Fsp3) is 0.400. The molecular formula is C40H46N2O19P4. The molecule has 7 rings (SSSR count). The number of benzene rings is 2. The highest BCUT2D eigenvalue weighted by Crippen LogP contribution is 2.80. The molecule has 0 spiro atoms. The van der Waals surface area contributed by atoms with Crippen molar-refractivity contribution in [1.29, 1.82) is 0 Å². The maximum absolute atomic E-state index is 13.7. The van der Waals surface area contributed by atoms with Crippen molar-refractivity contribution in [3.8, 4) is 11.5 Å². The van der Waals surface area contributed by atoms with E-state index in [0.717, 1.165) is 0 Å². The summed E-state index contributed by atoms with van der Waals surface area (Å²) in [6.45, 7) is 6.40. The minimum absolute atomic E-state index is 0.0527. The summed E-state index contributed by atoms with van der Waals surface area (Å²) in [6.07, 6.45) is -1.51. The van der Waals surface area contributed by atoms with E-state index >= 15 is 0 Å². The smallest absolute Gasteiger partial charge is 0.431 e. The molecule has 2 aliphatic heterocycles. The van der Waals surface area contributed by atoms with Gasteiger partial charge in [-0.15, -0.1) is 0 Å². The quantitative estimate of drug-likeness (QED) is 0.0396. The summed E-state index contributed by atoms with van der Waals surface area (Å²) in [4.78, 5) is 77.6. The van der Waals surface area contributed by atoms with E-state index in [4.69, 9.17) is 32.3 Å². The Bertz CT molecular complexity index is 2630.